The monoisotopic (exact) mass is 274 g/mol. The highest BCUT2D eigenvalue weighted by molar-refractivity contribution is 5.35. The Bertz CT molecular complexity index is 565. The van der Waals surface area contributed by atoms with E-state index in [0.29, 0.717) is 0 Å². The van der Waals surface area contributed by atoms with Crippen molar-refractivity contribution in [2.24, 2.45) is 0 Å². The molecule has 0 bridgehead atoms. The maximum absolute atomic E-state index is 5.42. The first-order chi connectivity index (χ1) is 9.74. The largest absolute Gasteiger partial charge is 0.495 e. The number of aromatic nitrogens is 3. The number of nitrogens with one attached hydrogen (secondary N) is 1. The smallest absolute Gasteiger partial charge is 0.142 e. The van der Waals surface area contributed by atoms with Gasteiger partial charge in [-0.25, -0.2) is 0 Å². The minimum Gasteiger partial charge on any atom is -0.495 e. The van der Waals surface area contributed by atoms with Crippen molar-refractivity contribution in [3.05, 3.63) is 41.5 Å². The highest BCUT2D eigenvalue weighted by atomic mass is 16.5. The normalized spacial score (nSPS) is 12.4. The van der Waals surface area contributed by atoms with Gasteiger partial charge in [-0.15, -0.1) is 0 Å². The summed E-state index contributed by atoms with van der Waals surface area (Å²) in [7, 11) is 3.60. The Labute approximate surface area is 120 Å². The predicted octanol–water partition coefficient (Wildman–Crippen LogP) is 2.18. The summed E-state index contributed by atoms with van der Waals surface area (Å²) >= 11 is 0. The molecule has 2 rings (SSSR count). The fourth-order valence-electron chi connectivity index (χ4n) is 2.36. The van der Waals surface area contributed by atoms with Gasteiger partial charge in [-0.2, -0.15) is 5.10 Å². The van der Waals surface area contributed by atoms with Crippen LogP contribution < -0.4 is 10.1 Å². The lowest BCUT2D eigenvalue weighted by Crippen LogP contribution is -2.23. The van der Waals surface area contributed by atoms with Gasteiger partial charge in [0, 0.05) is 12.7 Å². The summed E-state index contributed by atoms with van der Waals surface area (Å²) in [5.41, 5.74) is 3.09. The van der Waals surface area contributed by atoms with Gasteiger partial charge in [0.15, 0.2) is 0 Å². The summed E-state index contributed by atoms with van der Waals surface area (Å²) < 4.78 is 7.45. The Morgan fingerprint density at radius 3 is 2.80 bits per heavy atom. The van der Waals surface area contributed by atoms with E-state index in [0.717, 1.165) is 35.8 Å². The van der Waals surface area contributed by atoms with E-state index in [1.807, 2.05) is 23.9 Å². The topological polar surface area (TPSA) is 52.0 Å². The highest BCUT2D eigenvalue weighted by Crippen LogP contribution is 2.28. The third kappa shape index (κ3) is 2.67. The van der Waals surface area contributed by atoms with Crippen molar-refractivity contribution in [3.63, 3.8) is 0 Å². The van der Waals surface area contributed by atoms with Crippen LogP contribution in [0.25, 0.3) is 0 Å². The van der Waals surface area contributed by atoms with Gasteiger partial charge in [0.2, 0.25) is 0 Å². The molecule has 1 unspecified atom stereocenters. The Morgan fingerprint density at radius 1 is 1.40 bits per heavy atom. The molecule has 0 saturated carbocycles. The van der Waals surface area contributed by atoms with Crippen LogP contribution in [0.2, 0.25) is 0 Å². The number of nitrogens with zero attached hydrogens (tertiary/aromatic N) is 3. The molecule has 0 aliphatic heterocycles. The molecular weight excluding hydrogens is 252 g/mol. The summed E-state index contributed by atoms with van der Waals surface area (Å²) in [5, 5.41) is 7.92. The van der Waals surface area contributed by atoms with Gasteiger partial charge in [0.1, 0.15) is 11.4 Å². The van der Waals surface area contributed by atoms with Crippen LogP contribution in [0.15, 0.2) is 24.4 Å². The second kappa shape index (κ2) is 6.52. The fourth-order valence-corrected chi connectivity index (χ4v) is 2.36. The average Bonchev–Trinajstić information content (AvgIpc) is 2.92. The van der Waals surface area contributed by atoms with Crippen molar-refractivity contribution in [3.8, 4) is 5.75 Å². The number of pyridine rings is 1. The summed E-state index contributed by atoms with van der Waals surface area (Å²) in [4.78, 5) is 4.48. The second-order valence-electron chi connectivity index (χ2n) is 4.54. The number of hydrogen-bond donors (Lipinski definition) is 1. The lowest BCUT2D eigenvalue weighted by Gasteiger charge is -2.19. The SMILES string of the molecule is CCc1cc(C(NC)c2ncccc2OC)n(CC)n1. The van der Waals surface area contributed by atoms with Crippen LogP contribution >= 0.6 is 0 Å². The second-order valence-corrected chi connectivity index (χ2v) is 4.54. The molecule has 0 radical (unpaired) electrons. The van der Waals surface area contributed by atoms with Gasteiger partial charge < -0.3 is 10.1 Å². The van der Waals surface area contributed by atoms with E-state index in [1.54, 1.807) is 13.3 Å². The molecule has 0 aliphatic carbocycles. The van der Waals surface area contributed by atoms with E-state index in [2.05, 4.69) is 35.3 Å². The standard InChI is InChI=1S/C15H22N4O/c1-5-11-10-12(19(6-2)18-11)14(16-3)15-13(20-4)8-7-9-17-15/h7-10,14,16H,5-6H2,1-4H3. The molecule has 1 N–H and O–H groups in total. The van der Waals surface area contributed by atoms with Gasteiger partial charge in [0.25, 0.3) is 0 Å². The summed E-state index contributed by atoms with van der Waals surface area (Å²) in [6.45, 7) is 5.04. The molecule has 2 aromatic rings. The fraction of sp³-hybridized carbons (Fsp3) is 0.467. The highest BCUT2D eigenvalue weighted by Gasteiger charge is 2.22. The van der Waals surface area contributed by atoms with Crippen LogP contribution in [0.4, 0.5) is 0 Å². The molecule has 2 aromatic heterocycles. The van der Waals surface area contributed by atoms with Gasteiger partial charge >= 0.3 is 0 Å². The van der Waals surface area contributed by atoms with Crippen LogP contribution in [-0.4, -0.2) is 28.9 Å². The maximum Gasteiger partial charge on any atom is 0.142 e. The van der Waals surface area contributed by atoms with Gasteiger partial charge in [-0.3, -0.25) is 9.67 Å². The van der Waals surface area contributed by atoms with Crippen molar-refractivity contribution in [1.29, 1.82) is 0 Å². The van der Waals surface area contributed by atoms with E-state index in [9.17, 15) is 0 Å². The summed E-state index contributed by atoms with van der Waals surface area (Å²) in [5.74, 6) is 0.786. The molecule has 0 saturated heterocycles. The van der Waals surface area contributed by atoms with E-state index >= 15 is 0 Å². The number of aryl methyl sites for hydroxylation is 2. The number of hydrogen-bond acceptors (Lipinski definition) is 4. The Morgan fingerprint density at radius 2 is 2.20 bits per heavy atom. The van der Waals surface area contributed by atoms with Crippen molar-refractivity contribution < 1.29 is 4.74 Å². The molecule has 20 heavy (non-hydrogen) atoms. The zero-order chi connectivity index (χ0) is 14.5. The molecule has 2 heterocycles. The molecule has 0 aromatic carbocycles. The predicted molar refractivity (Wildman–Crippen MR) is 79.0 cm³/mol. The molecular formula is C15H22N4O. The lowest BCUT2D eigenvalue weighted by molar-refractivity contribution is 0.399. The number of methoxy groups -OCH3 is 1. The molecule has 5 nitrogen and oxygen atoms in total. The van der Waals surface area contributed by atoms with Crippen molar-refractivity contribution in [2.45, 2.75) is 32.9 Å². The Balaban J connectivity index is 2.49. The quantitative estimate of drug-likeness (QED) is 0.877. The van der Waals surface area contributed by atoms with Crippen molar-refractivity contribution >= 4 is 0 Å². The molecule has 0 amide bonds. The Kier molecular flexibility index (Phi) is 4.74. The minimum atomic E-state index is -0.0288. The molecule has 0 fully saturated rings. The first kappa shape index (κ1) is 14.5. The van der Waals surface area contributed by atoms with Gasteiger partial charge in [-0.1, -0.05) is 6.92 Å². The first-order valence-corrected chi connectivity index (χ1v) is 6.97. The minimum absolute atomic E-state index is 0.0288. The zero-order valence-electron chi connectivity index (χ0n) is 12.6. The summed E-state index contributed by atoms with van der Waals surface area (Å²) in [6.07, 6.45) is 2.71. The van der Waals surface area contributed by atoms with Crippen LogP contribution in [-0.2, 0) is 13.0 Å². The molecule has 108 valence electrons. The van der Waals surface area contributed by atoms with Crippen LogP contribution in [0.1, 0.15) is 37.0 Å². The lowest BCUT2D eigenvalue weighted by atomic mass is 10.1. The number of ether oxygens (including phenoxy) is 1. The average molecular weight is 274 g/mol. The first-order valence-electron chi connectivity index (χ1n) is 6.97. The third-order valence-electron chi connectivity index (χ3n) is 3.40. The summed E-state index contributed by atoms with van der Waals surface area (Å²) in [6, 6.07) is 5.92. The van der Waals surface area contributed by atoms with E-state index in [-0.39, 0.29) is 6.04 Å². The van der Waals surface area contributed by atoms with E-state index in [1.165, 1.54) is 0 Å². The van der Waals surface area contributed by atoms with E-state index in [4.69, 9.17) is 4.74 Å². The van der Waals surface area contributed by atoms with E-state index < -0.39 is 0 Å². The maximum atomic E-state index is 5.42. The van der Waals surface area contributed by atoms with Crippen molar-refractivity contribution in [2.75, 3.05) is 14.2 Å². The van der Waals surface area contributed by atoms with Crippen LogP contribution in [0.3, 0.4) is 0 Å². The number of rotatable bonds is 6. The zero-order valence-corrected chi connectivity index (χ0v) is 12.6. The molecule has 1 atom stereocenters. The van der Waals surface area contributed by atoms with Crippen LogP contribution in [0, 0.1) is 0 Å². The Hall–Kier alpha value is -1.88. The van der Waals surface area contributed by atoms with Gasteiger partial charge in [0.05, 0.1) is 24.5 Å². The molecule has 0 spiro atoms. The molecule has 5 heteroatoms. The molecule has 0 aliphatic rings. The van der Waals surface area contributed by atoms with Crippen molar-refractivity contribution in [1.82, 2.24) is 20.1 Å². The van der Waals surface area contributed by atoms with Gasteiger partial charge in [-0.05, 0) is 38.6 Å². The van der Waals surface area contributed by atoms with Crippen LogP contribution in [0.5, 0.6) is 5.75 Å². The third-order valence-corrected chi connectivity index (χ3v) is 3.40.